The van der Waals surface area contributed by atoms with Crippen LogP contribution in [0.25, 0.3) is 0 Å². The molecule has 1 heterocycles. The molecule has 3 saturated carbocycles. The fourth-order valence-electron chi connectivity index (χ4n) is 7.74. The SMILES string of the molecule is CC(=O)O[C@H]1C(C)=C[C@@]23C(=O)C([C@H]4C(C[C@H]2C)C4(C)C)[C@H](O)[C@H](C)[C@H]2OC(=O)O[C@@]213. The highest BCUT2D eigenvalue weighted by molar-refractivity contribution is 5.95. The Bertz CT molecular complexity index is 890. The zero-order valence-corrected chi connectivity index (χ0v) is 18.3. The number of Topliss-reactive ketones (excluding diaryl/α,β-unsaturated/α-hetero) is 1. The smallest absolute Gasteiger partial charge is 0.454 e. The third kappa shape index (κ3) is 1.98. The van der Waals surface area contributed by atoms with E-state index in [9.17, 15) is 19.5 Å². The number of hydrogen-bond donors (Lipinski definition) is 1. The van der Waals surface area contributed by atoms with Gasteiger partial charge in [0.15, 0.2) is 18.0 Å². The maximum Gasteiger partial charge on any atom is 0.509 e. The molecule has 7 nitrogen and oxygen atoms in total. The van der Waals surface area contributed by atoms with Gasteiger partial charge in [0.25, 0.3) is 0 Å². The quantitative estimate of drug-likeness (QED) is 0.516. The van der Waals surface area contributed by atoms with Gasteiger partial charge in [-0.1, -0.05) is 33.8 Å². The molecule has 7 heteroatoms. The normalized spacial score (nSPS) is 52.6. The molecule has 5 aliphatic rings. The lowest BCUT2D eigenvalue weighted by Crippen LogP contribution is -2.65. The third-order valence-electron chi connectivity index (χ3n) is 9.09. The van der Waals surface area contributed by atoms with Crippen LogP contribution in [0.5, 0.6) is 0 Å². The summed E-state index contributed by atoms with van der Waals surface area (Å²) >= 11 is 0. The van der Waals surface area contributed by atoms with Gasteiger partial charge in [0.2, 0.25) is 5.60 Å². The number of ether oxygens (including phenoxy) is 3. The van der Waals surface area contributed by atoms with Crippen LogP contribution in [-0.4, -0.2) is 46.9 Å². The van der Waals surface area contributed by atoms with E-state index in [0.717, 1.165) is 6.42 Å². The number of carbonyl (C=O) groups excluding carboxylic acids is 3. The zero-order chi connectivity index (χ0) is 22.0. The first-order valence-corrected chi connectivity index (χ1v) is 10.9. The van der Waals surface area contributed by atoms with E-state index in [4.69, 9.17) is 14.2 Å². The van der Waals surface area contributed by atoms with Crippen molar-refractivity contribution in [1.29, 1.82) is 0 Å². The first kappa shape index (κ1) is 20.0. The van der Waals surface area contributed by atoms with E-state index in [1.54, 1.807) is 13.8 Å². The molecule has 2 unspecified atom stereocenters. The van der Waals surface area contributed by atoms with Gasteiger partial charge in [0, 0.05) is 18.8 Å². The van der Waals surface area contributed by atoms with Crippen LogP contribution in [-0.2, 0) is 23.8 Å². The molecule has 1 N–H and O–H groups in total. The number of esters is 1. The largest absolute Gasteiger partial charge is 0.509 e. The molecule has 0 aromatic rings. The van der Waals surface area contributed by atoms with Gasteiger partial charge in [-0.15, -0.1) is 0 Å². The van der Waals surface area contributed by atoms with Crippen molar-refractivity contribution >= 4 is 17.9 Å². The van der Waals surface area contributed by atoms with Crippen LogP contribution in [0.2, 0.25) is 0 Å². The molecule has 1 saturated heterocycles. The third-order valence-corrected chi connectivity index (χ3v) is 9.09. The Hall–Kier alpha value is -1.89. The highest BCUT2D eigenvalue weighted by atomic mass is 16.8. The minimum absolute atomic E-state index is 0.0340. The molecule has 2 bridgehead atoms. The lowest BCUT2D eigenvalue weighted by atomic mass is 9.59. The zero-order valence-electron chi connectivity index (χ0n) is 18.3. The van der Waals surface area contributed by atoms with Crippen molar-refractivity contribution in [3.8, 4) is 0 Å². The monoisotopic (exact) mass is 418 g/mol. The molecule has 0 aromatic heterocycles. The Balaban J connectivity index is 1.79. The van der Waals surface area contributed by atoms with E-state index in [1.807, 2.05) is 13.0 Å². The number of carbonyl (C=O) groups is 3. The summed E-state index contributed by atoms with van der Waals surface area (Å²) in [5.41, 5.74) is -2.04. The molecule has 5 rings (SSSR count). The molecular weight excluding hydrogens is 388 g/mol. The second-order valence-corrected chi connectivity index (χ2v) is 10.8. The van der Waals surface area contributed by atoms with Gasteiger partial charge in [-0.3, -0.25) is 9.59 Å². The Kier molecular flexibility index (Phi) is 3.78. The van der Waals surface area contributed by atoms with E-state index in [-0.39, 0.29) is 23.0 Å². The summed E-state index contributed by atoms with van der Waals surface area (Å²) in [6.45, 7) is 11.2. The second-order valence-electron chi connectivity index (χ2n) is 10.8. The summed E-state index contributed by atoms with van der Waals surface area (Å²) in [4.78, 5) is 38.9. The van der Waals surface area contributed by atoms with Crippen LogP contribution >= 0.6 is 0 Å². The van der Waals surface area contributed by atoms with E-state index < -0.39 is 53.3 Å². The van der Waals surface area contributed by atoms with Crippen LogP contribution in [0.15, 0.2) is 11.6 Å². The minimum Gasteiger partial charge on any atom is -0.454 e. The van der Waals surface area contributed by atoms with E-state index in [2.05, 4.69) is 13.8 Å². The molecule has 0 radical (unpaired) electrons. The van der Waals surface area contributed by atoms with Gasteiger partial charge in [-0.2, -0.15) is 0 Å². The standard InChI is InChI=1S/C23H30O7/c1-9-8-22-10(2)7-13-15(21(13,5)6)14(17(22)26)16(25)11(3)19-23(22,30-20(27)29-19)18(9)28-12(4)24/h8,10-11,13-16,18-19,25H,7H2,1-6H3/t10-,11+,13?,14?,15-,16-,18+,19-,22+,23-/m1/s1. The number of fused-ring (bicyclic) bond motifs is 3. The van der Waals surface area contributed by atoms with Gasteiger partial charge in [-0.05, 0) is 42.1 Å². The van der Waals surface area contributed by atoms with Gasteiger partial charge < -0.3 is 19.3 Å². The summed E-state index contributed by atoms with van der Waals surface area (Å²) < 4.78 is 17.2. The first-order valence-electron chi connectivity index (χ1n) is 10.9. The molecule has 30 heavy (non-hydrogen) atoms. The van der Waals surface area contributed by atoms with Crippen molar-refractivity contribution in [2.45, 2.75) is 71.9 Å². The van der Waals surface area contributed by atoms with Gasteiger partial charge in [0.1, 0.15) is 0 Å². The number of aliphatic hydroxyl groups is 1. The average Bonchev–Trinajstić information content (AvgIpc) is 2.94. The molecule has 4 fully saturated rings. The van der Waals surface area contributed by atoms with Crippen LogP contribution < -0.4 is 0 Å². The Morgan fingerprint density at radius 1 is 1.27 bits per heavy atom. The van der Waals surface area contributed by atoms with Crippen molar-refractivity contribution in [2.24, 2.45) is 40.4 Å². The van der Waals surface area contributed by atoms with Crippen LogP contribution in [0, 0.1) is 40.4 Å². The van der Waals surface area contributed by atoms with Gasteiger partial charge >= 0.3 is 12.1 Å². The molecule has 1 aliphatic heterocycles. The Morgan fingerprint density at radius 3 is 2.57 bits per heavy atom. The summed E-state index contributed by atoms with van der Waals surface area (Å²) in [5, 5.41) is 11.4. The molecule has 0 amide bonds. The molecule has 10 atom stereocenters. The van der Waals surface area contributed by atoms with E-state index >= 15 is 0 Å². The maximum atomic E-state index is 14.4. The van der Waals surface area contributed by atoms with Gasteiger partial charge in [-0.25, -0.2) is 4.79 Å². The van der Waals surface area contributed by atoms with Crippen molar-refractivity contribution in [1.82, 2.24) is 0 Å². The first-order chi connectivity index (χ1) is 13.9. The fourth-order valence-corrected chi connectivity index (χ4v) is 7.74. The topological polar surface area (TPSA) is 99.1 Å². The van der Waals surface area contributed by atoms with Crippen molar-refractivity contribution in [2.75, 3.05) is 0 Å². The molecule has 4 aliphatic carbocycles. The van der Waals surface area contributed by atoms with E-state index in [0.29, 0.717) is 11.5 Å². The lowest BCUT2D eigenvalue weighted by Gasteiger charge is -2.47. The Morgan fingerprint density at radius 2 is 1.93 bits per heavy atom. The number of aliphatic hydroxyl groups excluding tert-OH is 1. The van der Waals surface area contributed by atoms with Crippen molar-refractivity contribution < 1.29 is 33.7 Å². The van der Waals surface area contributed by atoms with Crippen molar-refractivity contribution in [3.05, 3.63) is 11.6 Å². The van der Waals surface area contributed by atoms with Crippen LogP contribution in [0.3, 0.4) is 0 Å². The summed E-state index contributed by atoms with van der Waals surface area (Å²) in [6, 6.07) is 0. The fraction of sp³-hybridized carbons (Fsp3) is 0.783. The molecule has 0 aromatic carbocycles. The summed E-state index contributed by atoms with van der Waals surface area (Å²) in [6.07, 6.45) is -1.04. The average molecular weight is 418 g/mol. The predicted molar refractivity (Wildman–Crippen MR) is 104 cm³/mol. The van der Waals surface area contributed by atoms with Crippen LogP contribution in [0.4, 0.5) is 4.79 Å². The van der Waals surface area contributed by atoms with Crippen LogP contribution in [0.1, 0.15) is 48.0 Å². The Labute approximate surface area is 176 Å². The second kappa shape index (κ2) is 5.67. The summed E-state index contributed by atoms with van der Waals surface area (Å²) in [7, 11) is 0. The van der Waals surface area contributed by atoms with E-state index in [1.165, 1.54) is 6.92 Å². The van der Waals surface area contributed by atoms with Crippen molar-refractivity contribution in [3.63, 3.8) is 0 Å². The lowest BCUT2D eigenvalue weighted by molar-refractivity contribution is -0.181. The highest BCUT2D eigenvalue weighted by Gasteiger charge is 2.83. The predicted octanol–water partition coefficient (Wildman–Crippen LogP) is 2.65. The molecule has 2 spiro atoms. The summed E-state index contributed by atoms with van der Waals surface area (Å²) in [5.74, 6) is -1.56. The van der Waals surface area contributed by atoms with Gasteiger partial charge in [0.05, 0.1) is 11.5 Å². The number of ketones is 1. The number of hydrogen-bond acceptors (Lipinski definition) is 7. The maximum absolute atomic E-state index is 14.4. The highest BCUT2D eigenvalue weighted by Crippen LogP contribution is 2.73. The number of rotatable bonds is 1. The minimum atomic E-state index is -1.49. The molecular formula is C23H30O7. The molecule has 164 valence electrons.